The number of carbonyl (C=O) groups excluding carboxylic acids is 1. The van der Waals surface area contributed by atoms with Crippen molar-refractivity contribution < 1.29 is 32.9 Å². The highest BCUT2D eigenvalue weighted by atomic mass is 31.2. The monoisotopic (exact) mass is 742 g/mol. The predicted molar refractivity (Wildman–Crippen MR) is 217 cm³/mol. The summed E-state index contributed by atoms with van der Waals surface area (Å²) in [4.78, 5) is 23.0. The summed E-state index contributed by atoms with van der Waals surface area (Å²) in [7, 11) is 1.54. The van der Waals surface area contributed by atoms with Crippen molar-refractivity contribution in [3.05, 3.63) is 36.5 Å². The summed E-state index contributed by atoms with van der Waals surface area (Å²) in [5, 5.41) is 13.7. The van der Waals surface area contributed by atoms with Gasteiger partial charge < -0.3 is 19.8 Å². The predicted octanol–water partition coefficient (Wildman–Crippen LogP) is 11.1. The van der Waals surface area contributed by atoms with Gasteiger partial charge in [0.25, 0.3) is 0 Å². The van der Waals surface area contributed by atoms with Crippen molar-refractivity contribution in [3.8, 4) is 0 Å². The van der Waals surface area contributed by atoms with Crippen LogP contribution in [0.4, 0.5) is 0 Å². The third kappa shape index (κ3) is 36.9. The van der Waals surface area contributed by atoms with E-state index in [-0.39, 0.29) is 19.1 Å². The fourth-order valence-electron chi connectivity index (χ4n) is 5.70. The van der Waals surface area contributed by atoms with E-state index in [2.05, 4.69) is 43.5 Å². The summed E-state index contributed by atoms with van der Waals surface area (Å²) in [5.41, 5.74) is 0. The fraction of sp³-hybridized carbons (Fsp3) is 0.833. The van der Waals surface area contributed by atoms with E-state index in [0.29, 0.717) is 17.4 Å². The second kappa shape index (κ2) is 34.5. The first-order valence-corrected chi connectivity index (χ1v) is 22.4. The number of nitrogens with one attached hydrogen (secondary N) is 1. The maximum atomic E-state index is 12.8. The molecule has 3 atom stereocenters. The molecule has 0 heterocycles. The molecule has 0 aromatic rings. The molecule has 3 unspecified atom stereocenters. The normalized spacial score (nSPS) is 14.9. The molecule has 0 aliphatic heterocycles. The van der Waals surface area contributed by atoms with Gasteiger partial charge in [-0.1, -0.05) is 147 Å². The lowest BCUT2D eigenvalue weighted by Gasteiger charge is -2.25. The largest absolute Gasteiger partial charge is 0.472 e. The molecule has 51 heavy (non-hydrogen) atoms. The summed E-state index contributed by atoms with van der Waals surface area (Å²) >= 11 is 0. The minimum absolute atomic E-state index is 0.0533. The van der Waals surface area contributed by atoms with E-state index in [1.165, 1.54) is 103 Å². The topological polar surface area (TPSA) is 105 Å². The van der Waals surface area contributed by atoms with Gasteiger partial charge in [-0.3, -0.25) is 13.8 Å². The molecule has 0 aromatic carbocycles. The Morgan fingerprint density at radius 1 is 0.647 bits per heavy atom. The number of carbonyl (C=O) groups is 1. The molecular formula is C42H82N2O6P+. The van der Waals surface area contributed by atoms with E-state index in [9.17, 15) is 19.4 Å². The van der Waals surface area contributed by atoms with Crippen molar-refractivity contribution in [1.82, 2.24) is 5.32 Å². The lowest BCUT2D eigenvalue weighted by Crippen LogP contribution is -2.45. The molecule has 0 saturated heterocycles. The van der Waals surface area contributed by atoms with Crippen LogP contribution in [0.25, 0.3) is 0 Å². The number of amides is 1. The van der Waals surface area contributed by atoms with Crippen LogP contribution >= 0.6 is 7.82 Å². The van der Waals surface area contributed by atoms with E-state index in [0.717, 1.165) is 51.4 Å². The molecule has 300 valence electrons. The van der Waals surface area contributed by atoms with E-state index in [4.69, 9.17) is 9.05 Å². The third-order valence-corrected chi connectivity index (χ3v) is 10.1. The zero-order valence-corrected chi connectivity index (χ0v) is 34.7. The number of unbranched alkanes of at least 4 members (excludes halogenated alkanes) is 20. The van der Waals surface area contributed by atoms with Gasteiger partial charge >= 0.3 is 7.82 Å². The summed E-state index contributed by atoms with van der Waals surface area (Å²) < 4.78 is 23.5. The SMILES string of the molecule is CCCCCCCC/C=C\CCCCCC(=O)NC(COP(=O)(O)OCC[N+](C)(C)C)C(O)/C=C/CC/C=C/CCCCCCCCCCCC. The molecule has 0 radical (unpaired) electrons. The highest BCUT2D eigenvalue weighted by Crippen LogP contribution is 2.43. The van der Waals surface area contributed by atoms with Crippen LogP contribution in [0.1, 0.15) is 174 Å². The highest BCUT2D eigenvalue weighted by Gasteiger charge is 2.27. The standard InChI is InChI=1S/C42H81N2O6P/c1-6-8-10-12-14-16-18-20-21-22-24-25-27-29-31-33-35-41(45)40(39-50-51(47,48)49-38-37-44(3,4)5)43-42(46)36-34-32-30-28-26-23-19-17-15-13-11-9-7-2/h23,25-27,33,35,40-41,45H,6-22,24,28-32,34,36-39H2,1-5H3,(H-,43,46,47,48)/p+1/b26-23-,27-25+,35-33+. The molecule has 0 rings (SSSR count). The zero-order valence-electron chi connectivity index (χ0n) is 33.8. The van der Waals surface area contributed by atoms with E-state index >= 15 is 0 Å². The fourth-order valence-corrected chi connectivity index (χ4v) is 6.43. The van der Waals surface area contributed by atoms with Crippen molar-refractivity contribution in [3.63, 3.8) is 0 Å². The maximum absolute atomic E-state index is 12.8. The summed E-state index contributed by atoms with van der Waals surface area (Å²) in [5.74, 6) is -0.205. The third-order valence-electron chi connectivity index (χ3n) is 9.08. The lowest BCUT2D eigenvalue weighted by molar-refractivity contribution is -0.870. The molecule has 0 aliphatic carbocycles. The molecule has 8 nitrogen and oxygen atoms in total. The first-order chi connectivity index (χ1) is 24.5. The molecule has 0 fully saturated rings. The number of rotatable bonds is 37. The average molecular weight is 742 g/mol. The van der Waals surface area contributed by atoms with Gasteiger partial charge in [0.15, 0.2) is 0 Å². The quantitative estimate of drug-likeness (QED) is 0.0253. The van der Waals surface area contributed by atoms with E-state index in [1.807, 2.05) is 27.2 Å². The summed E-state index contributed by atoms with van der Waals surface area (Å²) in [6, 6.07) is -0.868. The average Bonchev–Trinajstić information content (AvgIpc) is 3.07. The molecule has 0 saturated carbocycles. The number of nitrogens with zero attached hydrogens (tertiary/aromatic N) is 1. The Bertz CT molecular complexity index is 933. The van der Waals surface area contributed by atoms with Gasteiger partial charge in [-0.05, 0) is 57.8 Å². The Hall–Kier alpha value is -1.28. The van der Waals surface area contributed by atoms with Crippen LogP contribution in [0.2, 0.25) is 0 Å². The van der Waals surface area contributed by atoms with Gasteiger partial charge in [-0.15, -0.1) is 0 Å². The molecule has 0 aliphatic rings. The first kappa shape index (κ1) is 49.7. The number of hydrogen-bond acceptors (Lipinski definition) is 5. The molecule has 0 spiro atoms. The van der Waals surface area contributed by atoms with Crippen molar-refractivity contribution in [1.29, 1.82) is 0 Å². The zero-order chi connectivity index (χ0) is 37.9. The molecule has 9 heteroatoms. The molecular weight excluding hydrogens is 659 g/mol. The number of hydrogen-bond donors (Lipinski definition) is 3. The van der Waals surface area contributed by atoms with Crippen LogP contribution in [-0.2, 0) is 18.4 Å². The number of quaternary nitrogens is 1. The smallest absolute Gasteiger partial charge is 0.387 e. The van der Waals surface area contributed by atoms with E-state index in [1.54, 1.807) is 6.08 Å². The van der Waals surface area contributed by atoms with Gasteiger partial charge in [0.2, 0.25) is 5.91 Å². The van der Waals surface area contributed by atoms with Gasteiger partial charge in [0.05, 0.1) is 39.9 Å². The van der Waals surface area contributed by atoms with Gasteiger partial charge in [-0.2, -0.15) is 0 Å². The second-order valence-corrected chi connectivity index (χ2v) is 16.8. The Morgan fingerprint density at radius 2 is 1.08 bits per heavy atom. The summed E-state index contributed by atoms with van der Waals surface area (Å²) in [6.45, 7) is 4.75. The van der Waals surface area contributed by atoms with Crippen LogP contribution in [-0.4, -0.2) is 73.4 Å². The summed E-state index contributed by atoms with van der Waals surface area (Å²) in [6.07, 6.45) is 40.7. The van der Waals surface area contributed by atoms with Crippen LogP contribution in [0.3, 0.4) is 0 Å². The van der Waals surface area contributed by atoms with E-state index < -0.39 is 20.0 Å². The van der Waals surface area contributed by atoms with Crippen molar-refractivity contribution in [2.45, 2.75) is 187 Å². The molecule has 0 aromatic heterocycles. The molecule has 3 N–H and O–H groups in total. The van der Waals surface area contributed by atoms with Crippen molar-refractivity contribution in [2.75, 3.05) is 40.9 Å². The Labute approximate surface area is 315 Å². The number of aliphatic hydroxyl groups excluding tert-OH is 1. The Balaban J connectivity index is 4.56. The van der Waals surface area contributed by atoms with Crippen LogP contribution in [0, 0.1) is 0 Å². The number of aliphatic hydroxyl groups is 1. The number of likely N-dealkylation sites (N-methyl/N-ethyl adjacent to an activating group) is 1. The Morgan fingerprint density at radius 3 is 1.57 bits per heavy atom. The number of allylic oxidation sites excluding steroid dienone is 5. The minimum Gasteiger partial charge on any atom is -0.387 e. The number of phosphoric ester groups is 1. The van der Waals surface area contributed by atoms with Gasteiger partial charge in [0.1, 0.15) is 13.2 Å². The lowest BCUT2D eigenvalue weighted by atomic mass is 10.1. The minimum atomic E-state index is -4.34. The highest BCUT2D eigenvalue weighted by molar-refractivity contribution is 7.47. The van der Waals surface area contributed by atoms with Crippen LogP contribution in [0.5, 0.6) is 0 Å². The van der Waals surface area contributed by atoms with Gasteiger partial charge in [0, 0.05) is 6.42 Å². The number of phosphoric acid groups is 1. The second-order valence-electron chi connectivity index (χ2n) is 15.4. The van der Waals surface area contributed by atoms with Crippen molar-refractivity contribution >= 4 is 13.7 Å². The van der Waals surface area contributed by atoms with Crippen LogP contribution < -0.4 is 5.32 Å². The van der Waals surface area contributed by atoms with Gasteiger partial charge in [-0.25, -0.2) is 4.57 Å². The molecule has 0 bridgehead atoms. The molecule has 1 amide bonds. The first-order valence-electron chi connectivity index (χ1n) is 20.9. The maximum Gasteiger partial charge on any atom is 0.472 e. The van der Waals surface area contributed by atoms with Crippen molar-refractivity contribution in [2.24, 2.45) is 0 Å². The van der Waals surface area contributed by atoms with Crippen LogP contribution in [0.15, 0.2) is 36.5 Å². The Kier molecular flexibility index (Phi) is 33.6.